The van der Waals surface area contributed by atoms with Gasteiger partial charge in [0.25, 0.3) is 0 Å². The Morgan fingerprint density at radius 3 is 1.58 bits per heavy atom. The van der Waals surface area contributed by atoms with Crippen molar-refractivity contribution < 1.29 is 52.1 Å². The highest BCUT2D eigenvalue weighted by molar-refractivity contribution is 6.00. The van der Waals surface area contributed by atoms with E-state index >= 15 is 0 Å². The van der Waals surface area contributed by atoms with Crippen molar-refractivity contribution in [1.29, 1.82) is 0 Å². The van der Waals surface area contributed by atoms with E-state index in [4.69, 9.17) is 18.9 Å². The van der Waals surface area contributed by atoms with Gasteiger partial charge in [-0.25, -0.2) is 14.0 Å². The molecule has 2 fully saturated rings. The summed E-state index contributed by atoms with van der Waals surface area (Å²) in [5.41, 5.74) is 2.29. The van der Waals surface area contributed by atoms with E-state index in [-0.39, 0.29) is 24.9 Å². The lowest BCUT2D eigenvalue weighted by molar-refractivity contribution is -0.140. The van der Waals surface area contributed by atoms with Gasteiger partial charge in [-0.2, -0.15) is 0 Å². The third-order valence-corrected chi connectivity index (χ3v) is 11.6. The minimum absolute atomic E-state index is 0.263. The fourth-order valence-electron chi connectivity index (χ4n) is 8.14. The average molecular weight is 904 g/mol. The Bertz CT molecular complexity index is 2200. The number of alkyl carbamates (subject to hydrolysis) is 2. The molecule has 0 radical (unpaired) electrons. The number of halogens is 1. The van der Waals surface area contributed by atoms with Gasteiger partial charge < -0.3 is 54.9 Å². The van der Waals surface area contributed by atoms with Crippen LogP contribution in [0.2, 0.25) is 0 Å². The predicted molar refractivity (Wildman–Crippen MR) is 242 cm³/mol. The van der Waals surface area contributed by atoms with E-state index in [0.717, 1.165) is 11.1 Å². The first-order chi connectivity index (χ1) is 30.9. The molecule has 65 heavy (non-hydrogen) atoms. The van der Waals surface area contributed by atoms with Gasteiger partial charge in [-0.05, 0) is 96.7 Å². The Balaban J connectivity index is 1.37. The van der Waals surface area contributed by atoms with Crippen molar-refractivity contribution in [1.82, 2.24) is 20.4 Å². The maximum absolute atomic E-state index is 14.2. The number of rotatable bonds is 16. The van der Waals surface area contributed by atoms with Crippen LogP contribution in [0.5, 0.6) is 11.5 Å². The van der Waals surface area contributed by atoms with Crippen LogP contribution in [0, 0.1) is 17.2 Å². The van der Waals surface area contributed by atoms with Crippen molar-refractivity contribution in [2.45, 2.75) is 97.6 Å². The molecule has 3 aromatic rings. The molecule has 2 saturated heterocycles. The summed E-state index contributed by atoms with van der Waals surface area (Å²) in [6.07, 6.45) is 0.544. The topological polar surface area (TPSA) is 197 Å². The van der Waals surface area contributed by atoms with Gasteiger partial charge in [0.1, 0.15) is 41.5 Å². The van der Waals surface area contributed by atoms with Crippen LogP contribution in [0.4, 0.5) is 31.0 Å². The maximum atomic E-state index is 14.2. The third-order valence-electron chi connectivity index (χ3n) is 11.6. The normalized spacial score (nSPS) is 16.8. The highest BCUT2D eigenvalue weighted by Crippen LogP contribution is 2.33. The van der Waals surface area contributed by atoms with Gasteiger partial charge in [0.2, 0.25) is 23.6 Å². The molecular formula is C47H62FN7O10. The molecule has 5 rings (SSSR count). The summed E-state index contributed by atoms with van der Waals surface area (Å²) in [5.74, 6) is -1.48. The number of carbonyl (C=O) groups is 6. The number of nitrogens with zero attached hydrogens (tertiary/aromatic N) is 3. The summed E-state index contributed by atoms with van der Waals surface area (Å²) in [6, 6.07) is 13.3. The summed E-state index contributed by atoms with van der Waals surface area (Å²) in [5, 5.41) is 11.2. The molecule has 2 aliphatic heterocycles. The Morgan fingerprint density at radius 2 is 1.15 bits per heavy atom. The summed E-state index contributed by atoms with van der Waals surface area (Å²) in [4.78, 5) is 84.7. The van der Waals surface area contributed by atoms with E-state index in [9.17, 15) is 33.2 Å². The first-order valence-electron chi connectivity index (χ1n) is 21.6. The van der Waals surface area contributed by atoms with Crippen LogP contribution in [0.15, 0.2) is 60.7 Å². The molecule has 0 bridgehead atoms. The number of methoxy groups -OCH3 is 4. The molecule has 4 N–H and O–H groups in total. The molecule has 2 heterocycles. The van der Waals surface area contributed by atoms with Crippen LogP contribution in [0.1, 0.15) is 71.4 Å². The molecule has 3 aromatic carbocycles. The van der Waals surface area contributed by atoms with Crippen molar-refractivity contribution in [3.8, 4) is 11.5 Å². The second-order valence-electron chi connectivity index (χ2n) is 17.6. The van der Waals surface area contributed by atoms with Gasteiger partial charge in [0.05, 0.1) is 39.8 Å². The van der Waals surface area contributed by atoms with Gasteiger partial charge in [-0.15, -0.1) is 0 Å². The molecular weight excluding hydrogens is 842 g/mol. The first-order valence-corrected chi connectivity index (χ1v) is 21.6. The van der Waals surface area contributed by atoms with Crippen LogP contribution in [-0.2, 0) is 41.7 Å². The maximum Gasteiger partial charge on any atom is 0.407 e. The van der Waals surface area contributed by atoms with Crippen LogP contribution < -0.4 is 35.6 Å². The highest BCUT2D eigenvalue weighted by Gasteiger charge is 2.43. The molecule has 0 aromatic heterocycles. The van der Waals surface area contributed by atoms with Gasteiger partial charge in [-0.1, -0.05) is 46.8 Å². The zero-order valence-corrected chi connectivity index (χ0v) is 38.6. The van der Waals surface area contributed by atoms with Crippen LogP contribution in [0.25, 0.3) is 0 Å². The average Bonchev–Trinajstić information content (AvgIpc) is 3.98. The molecule has 0 aliphatic carbocycles. The lowest BCUT2D eigenvalue weighted by Gasteiger charge is -2.35. The highest BCUT2D eigenvalue weighted by atomic mass is 19.1. The summed E-state index contributed by atoms with van der Waals surface area (Å²) >= 11 is 0. The molecule has 6 amide bonds. The zero-order chi connectivity index (χ0) is 47.6. The van der Waals surface area contributed by atoms with Crippen LogP contribution >= 0.6 is 0 Å². The standard InChI is InChI=1S/C47H62FN7O10/c1-28(2)39(51-45(60)64-8)43(58)54-22-10-12-35(54)41(56)49-33-24-29(14-20-37(33)62-6)26-53(32-18-16-31(48)17-19-32)27-30-15-21-38(63-7)34(25-30)50-42(57)36-13-11-23-55(36)44(59)40(47(3,4)5)52-46(61)65-9/h14-21,24-25,28,35-36,39-40H,10-13,22-23,26-27H2,1-9H3,(H,49,56)(H,50,57)(H,51,60)(H,52,61). The molecule has 352 valence electrons. The van der Waals surface area contributed by atoms with Crippen molar-refractivity contribution in [2.24, 2.45) is 11.3 Å². The number of nitrogens with one attached hydrogen (secondary N) is 4. The molecule has 4 unspecified atom stereocenters. The predicted octanol–water partition coefficient (Wildman–Crippen LogP) is 6.06. The monoisotopic (exact) mass is 903 g/mol. The minimum Gasteiger partial charge on any atom is -0.495 e. The second-order valence-corrected chi connectivity index (χ2v) is 17.6. The number of anilines is 3. The van der Waals surface area contributed by atoms with Crippen LogP contribution in [0.3, 0.4) is 0 Å². The molecule has 2 aliphatic rings. The van der Waals surface area contributed by atoms with Crippen LogP contribution in [-0.4, -0.2) is 111 Å². The number of hydrogen-bond donors (Lipinski definition) is 4. The molecule has 0 saturated carbocycles. The zero-order valence-electron chi connectivity index (χ0n) is 38.6. The van der Waals surface area contributed by atoms with Gasteiger partial charge in [-0.3, -0.25) is 19.2 Å². The number of amides is 6. The van der Waals surface area contributed by atoms with E-state index in [1.165, 1.54) is 50.4 Å². The summed E-state index contributed by atoms with van der Waals surface area (Å²) in [6.45, 7) is 10.3. The minimum atomic E-state index is -0.939. The summed E-state index contributed by atoms with van der Waals surface area (Å²) < 4.78 is 35.0. The van der Waals surface area contributed by atoms with E-state index in [0.29, 0.717) is 67.3 Å². The SMILES string of the molecule is COC(=O)NC(C(=O)N1CCCC1C(=O)Nc1cc(CN(Cc2ccc(OC)c(NC(=O)C3CCCN3C(=O)C(NC(=O)OC)C(C)(C)C)c2)c2ccc(F)cc2)ccc1OC)C(C)C. The quantitative estimate of drug-likeness (QED) is 0.130. The Labute approximate surface area is 379 Å². The lowest BCUT2D eigenvalue weighted by atomic mass is 9.85. The first kappa shape index (κ1) is 49.4. The number of benzene rings is 3. The van der Waals surface area contributed by atoms with Crippen molar-refractivity contribution in [3.63, 3.8) is 0 Å². The van der Waals surface area contributed by atoms with E-state index in [2.05, 4.69) is 21.3 Å². The van der Waals surface area contributed by atoms with Gasteiger partial charge in [0, 0.05) is 31.9 Å². The molecule has 17 nitrogen and oxygen atoms in total. The molecule has 4 atom stereocenters. The largest absolute Gasteiger partial charge is 0.495 e. The number of hydrogen-bond acceptors (Lipinski definition) is 11. The second kappa shape index (κ2) is 21.9. The van der Waals surface area contributed by atoms with Gasteiger partial charge >= 0.3 is 12.2 Å². The number of likely N-dealkylation sites (tertiary alicyclic amines) is 2. The van der Waals surface area contributed by atoms with Crippen molar-refractivity contribution >= 4 is 52.9 Å². The summed E-state index contributed by atoms with van der Waals surface area (Å²) in [7, 11) is 5.41. The Kier molecular flexibility index (Phi) is 16.6. The Hall–Kier alpha value is -6.59. The molecule has 0 spiro atoms. The lowest BCUT2D eigenvalue weighted by Crippen LogP contribution is -2.57. The van der Waals surface area contributed by atoms with Gasteiger partial charge in [0.15, 0.2) is 0 Å². The van der Waals surface area contributed by atoms with E-state index < -0.39 is 65.3 Å². The third kappa shape index (κ3) is 12.4. The smallest absolute Gasteiger partial charge is 0.407 e. The van der Waals surface area contributed by atoms with Crippen molar-refractivity contribution in [3.05, 3.63) is 77.6 Å². The number of ether oxygens (including phenoxy) is 4. The fraction of sp³-hybridized carbons (Fsp3) is 0.489. The number of carbonyl (C=O) groups excluding carboxylic acids is 6. The Morgan fingerprint density at radius 1 is 0.692 bits per heavy atom. The fourth-order valence-corrected chi connectivity index (χ4v) is 8.14. The van der Waals surface area contributed by atoms with E-state index in [1.54, 1.807) is 50.2 Å². The van der Waals surface area contributed by atoms with Crippen molar-refractivity contribution in [2.75, 3.05) is 57.1 Å². The van der Waals surface area contributed by atoms with E-state index in [1.807, 2.05) is 37.8 Å². The molecule has 18 heteroatoms.